The second-order valence-electron chi connectivity index (χ2n) is 3.41. The normalized spacial score (nSPS) is 9.94. The lowest BCUT2D eigenvalue weighted by Gasteiger charge is -2.06. The molecule has 3 nitrogen and oxygen atoms in total. The Morgan fingerprint density at radius 2 is 2.18 bits per heavy atom. The number of aromatic nitrogens is 1. The van der Waals surface area contributed by atoms with E-state index in [9.17, 15) is 4.79 Å². The lowest BCUT2D eigenvalue weighted by molar-refractivity contribution is 0.112. The summed E-state index contributed by atoms with van der Waals surface area (Å²) in [7, 11) is 0. The molecule has 0 aliphatic heterocycles. The van der Waals surface area contributed by atoms with E-state index in [0.717, 1.165) is 5.69 Å². The number of nitrogens with zero attached hydrogens (tertiary/aromatic N) is 1. The molecule has 0 fully saturated rings. The Balaban J connectivity index is 2.05. The largest absolute Gasteiger partial charge is 0.487 e. The van der Waals surface area contributed by atoms with Crippen molar-refractivity contribution in [3.05, 3.63) is 58.9 Å². The molecule has 17 heavy (non-hydrogen) atoms. The third kappa shape index (κ3) is 3.04. The number of carbonyl (C=O) groups is 1. The zero-order chi connectivity index (χ0) is 12.1. The lowest BCUT2D eigenvalue weighted by atomic mass is 10.2. The summed E-state index contributed by atoms with van der Waals surface area (Å²) in [4.78, 5) is 14.7. The highest BCUT2D eigenvalue weighted by Crippen LogP contribution is 2.21. The minimum Gasteiger partial charge on any atom is -0.487 e. The predicted octanol–water partition coefficient (Wildman–Crippen LogP) is 3.13. The van der Waals surface area contributed by atoms with E-state index < -0.39 is 0 Å². The van der Waals surface area contributed by atoms with Crippen LogP contribution < -0.4 is 4.74 Å². The van der Waals surface area contributed by atoms with E-state index >= 15 is 0 Å². The Bertz CT molecular complexity index is 514. The van der Waals surface area contributed by atoms with Crippen molar-refractivity contribution in [1.82, 2.24) is 4.98 Å². The van der Waals surface area contributed by atoms with Gasteiger partial charge in [-0.05, 0) is 30.3 Å². The van der Waals surface area contributed by atoms with Gasteiger partial charge < -0.3 is 4.74 Å². The van der Waals surface area contributed by atoms with Crippen LogP contribution >= 0.6 is 11.6 Å². The van der Waals surface area contributed by atoms with Crippen LogP contribution in [0, 0.1) is 0 Å². The number of rotatable bonds is 4. The summed E-state index contributed by atoms with van der Waals surface area (Å²) in [5.41, 5.74) is 1.29. The van der Waals surface area contributed by atoms with E-state index in [0.29, 0.717) is 29.2 Å². The van der Waals surface area contributed by atoms with Gasteiger partial charge in [0.2, 0.25) is 0 Å². The molecular weight excluding hydrogens is 238 g/mol. The van der Waals surface area contributed by atoms with Crippen LogP contribution in [0.25, 0.3) is 0 Å². The predicted molar refractivity (Wildman–Crippen MR) is 65.4 cm³/mol. The van der Waals surface area contributed by atoms with Crippen LogP contribution in [0.2, 0.25) is 5.02 Å². The van der Waals surface area contributed by atoms with Crippen molar-refractivity contribution >= 4 is 17.9 Å². The maximum Gasteiger partial charge on any atom is 0.151 e. The summed E-state index contributed by atoms with van der Waals surface area (Å²) in [6, 6.07) is 10.6. The van der Waals surface area contributed by atoms with Crippen LogP contribution in [-0.4, -0.2) is 11.3 Å². The Morgan fingerprint density at radius 1 is 1.29 bits per heavy atom. The van der Waals surface area contributed by atoms with Crippen molar-refractivity contribution in [2.45, 2.75) is 6.61 Å². The monoisotopic (exact) mass is 247 g/mol. The van der Waals surface area contributed by atoms with Gasteiger partial charge in [-0.15, -0.1) is 0 Å². The number of hydrogen-bond donors (Lipinski definition) is 0. The second-order valence-corrected chi connectivity index (χ2v) is 3.82. The van der Waals surface area contributed by atoms with Crippen LogP contribution in [0.15, 0.2) is 42.6 Å². The number of carbonyl (C=O) groups excluding carboxylic acids is 1. The minimum absolute atomic E-state index is 0.373. The average Bonchev–Trinajstić information content (AvgIpc) is 2.38. The van der Waals surface area contributed by atoms with Gasteiger partial charge >= 0.3 is 0 Å². The summed E-state index contributed by atoms with van der Waals surface area (Å²) in [5, 5.41) is 0.388. The van der Waals surface area contributed by atoms with Crippen molar-refractivity contribution in [3.8, 4) is 5.75 Å². The first-order chi connectivity index (χ1) is 8.29. The fraction of sp³-hybridized carbons (Fsp3) is 0.0769. The molecule has 0 radical (unpaired) electrons. The Hall–Kier alpha value is -1.87. The number of halogens is 1. The molecule has 0 saturated carbocycles. The van der Waals surface area contributed by atoms with Gasteiger partial charge in [0.15, 0.2) is 6.29 Å². The molecule has 1 heterocycles. The van der Waals surface area contributed by atoms with Crippen LogP contribution in [-0.2, 0) is 6.61 Å². The molecule has 0 atom stereocenters. The van der Waals surface area contributed by atoms with E-state index in [1.807, 2.05) is 18.2 Å². The smallest absolute Gasteiger partial charge is 0.151 e. The van der Waals surface area contributed by atoms with Gasteiger partial charge in [-0.3, -0.25) is 9.78 Å². The molecule has 0 bridgehead atoms. The Kier molecular flexibility index (Phi) is 3.73. The summed E-state index contributed by atoms with van der Waals surface area (Å²) >= 11 is 5.88. The molecule has 86 valence electrons. The van der Waals surface area contributed by atoms with Crippen LogP contribution in [0.5, 0.6) is 5.75 Å². The maximum absolute atomic E-state index is 10.6. The fourth-order valence-corrected chi connectivity index (χ4v) is 1.55. The molecule has 0 spiro atoms. The van der Waals surface area contributed by atoms with Crippen molar-refractivity contribution < 1.29 is 9.53 Å². The first-order valence-corrected chi connectivity index (χ1v) is 5.45. The van der Waals surface area contributed by atoms with Crippen LogP contribution in [0.1, 0.15) is 16.1 Å². The van der Waals surface area contributed by atoms with Gasteiger partial charge in [0.25, 0.3) is 0 Å². The minimum atomic E-state index is 0.373. The number of hydrogen-bond acceptors (Lipinski definition) is 3. The lowest BCUT2D eigenvalue weighted by Crippen LogP contribution is -1.97. The SMILES string of the molecule is O=Cc1ccc(OCc2ccccn2)cc1Cl. The molecular formula is C13H10ClNO2. The molecule has 0 aliphatic rings. The standard InChI is InChI=1S/C13H10ClNO2/c14-13-7-12(5-4-10(13)8-16)17-9-11-3-1-2-6-15-11/h1-8H,9H2. The van der Waals surface area contributed by atoms with E-state index in [-0.39, 0.29) is 0 Å². The molecule has 1 aromatic carbocycles. The summed E-state index contributed by atoms with van der Waals surface area (Å²) in [6.07, 6.45) is 2.42. The average molecular weight is 248 g/mol. The zero-order valence-electron chi connectivity index (χ0n) is 8.97. The van der Waals surface area contributed by atoms with Gasteiger partial charge in [0.1, 0.15) is 12.4 Å². The van der Waals surface area contributed by atoms with Gasteiger partial charge in [0.05, 0.1) is 10.7 Å². The summed E-state index contributed by atoms with van der Waals surface area (Å²) in [6.45, 7) is 0.373. The molecule has 2 rings (SSSR count). The van der Waals surface area contributed by atoms with Gasteiger partial charge in [-0.2, -0.15) is 0 Å². The number of ether oxygens (including phenoxy) is 1. The third-order valence-electron chi connectivity index (χ3n) is 2.21. The first-order valence-electron chi connectivity index (χ1n) is 5.07. The molecule has 0 unspecified atom stereocenters. The highest BCUT2D eigenvalue weighted by atomic mass is 35.5. The Labute approximate surface area is 104 Å². The van der Waals surface area contributed by atoms with Crippen molar-refractivity contribution in [1.29, 1.82) is 0 Å². The first kappa shape index (κ1) is 11.6. The molecule has 4 heteroatoms. The molecule has 0 aliphatic carbocycles. The highest BCUT2D eigenvalue weighted by molar-refractivity contribution is 6.33. The molecule has 0 N–H and O–H groups in total. The topological polar surface area (TPSA) is 39.2 Å². The maximum atomic E-state index is 10.6. The number of aldehydes is 1. The highest BCUT2D eigenvalue weighted by Gasteiger charge is 2.02. The van der Waals surface area contributed by atoms with Gasteiger partial charge in [-0.1, -0.05) is 17.7 Å². The molecule has 2 aromatic rings. The number of benzene rings is 1. The summed E-state index contributed by atoms with van der Waals surface area (Å²) in [5.74, 6) is 0.617. The van der Waals surface area contributed by atoms with Gasteiger partial charge in [0, 0.05) is 11.8 Å². The van der Waals surface area contributed by atoms with E-state index in [4.69, 9.17) is 16.3 Å². The molecule has 0 amide bonds. The fourth-order valence-electron chi connectivity index (χ4n) is 1.33. The third-order valence-corrected chi connectivity index (χ3v) is 2.54. The van der Waals surface area contributed by atoms with E-state index in [2.05, 4.69) is 4.98 Å². The van der Waals surface area contributed by atoms with E-state index in [1.165, 1.54) is 0 Å². The quantitative estimate of drug-likeness (QED) is 0.780. The Morgan fingerprint density at radius 3 is 2.82 bits per heavy atom. The summed E-state index contributed by atoms with van der Waals surface area (Å²) < 4.78 is 5.51. The van der Waals surface area contributed by atoms with Crippen molar-refractivity contribution in [3.63, 3.8) is 0 Å². The van der Waals surface area contributed by atoms with E-state index in [1.54, 1.807) is 24.4 Å². The van der Waals surface area contributed by atoms with Crippen molar-refractivity contribution in [2.75, 3.05) is 0 Å². The molecule has 0 saturated heterocycles. The molecule has 1 aromatic heterocycles. The van der Waals surface area contributed by atoms with Gasteiger partial charge in [-0.25, -0.2) is 0 Å². The van der Waals surface area contributed by atoms with Crippen molar-refractivity contribution in [2.24, 2.45) is 0 Å². The van der Waals surface area contributed by atoms with Crippen LogP contribution in [0.4, 0.5) is 0 Å². The zero-order valence-corrected chi connectivity index (χ0v) is 9.72. The van der Waals surface area contributed by atoms with Crippen LogP contribution in [0.3, 0.4) is 0 Å². The second kappa shape index (κ2) is 5.46. The number of pyridine rings is 1.